The molecule has 3 N–H and O–H groups in total. The lowest BCUT2D eigenvalue weighted by molar-refractivity contribution is -0.161. The van der Waals surface area contributed by atoms with Gasteiger partial charge in [-0.05, 0) is 37.5 Å². The number of esters is 4. The van der Waals surface area contributed by atoms with Crippen molar-refractivity contribution in [3.8, 4) is 0 Å². The number of ether oxygens (including phenoxy) is 4. The van der Waals surface area contributed by atoms with Gasteiger partial charge in [-0.25, -0.2) is 9.13 Å². The SMILES string of the molecule is CCCCCCCCCCCCCCCCCCCCC(=O)O[C@H](COC(=O)CCCCCCCCCCCCCCCC(C)C)COP(=O)(O)OC[C@@H](O)COP(=O)(O)OC[C@@H](COC(=O)CCCCCCCCC)OC(=O)CCCCCCCCCCCC(C)C. The zero-order valence-corrected chi connectivity index (χ0v) is 62.3. The van der Waals surface area contributed by atoms with Crippen LogP contribution in [0.25, 0.3) is 0 Å². The normalized spacial score (nSPS) is 14.1. The molecule has 19 heteroatoms. The van der Waals surface area contributed by atoms with E-state index in [1.165, 1.54) is 186 Å². The van der Waals surface area contributed by atoms with Crippen molar-refractivity contribution in [1.82, 2.24) is 0 Å². The van der Waals surface area contributed by atoms with Crippen molar-refractivity contribution in [1.29, 1.82) is 0 Å². The molecule has 17 nitrogen and oxygen atoms in total. The van der Waals surface area contributed by atoms with Gasteiger partial charge in [0, 0.05) is 25.7 Å². The van der Waals surface area contributed by atoms with Gasteiger partial charge < -0.3 is 33.8 Å². The molecule has 0 radical (unpaired) electrons. The second-order valence-electron chi connectivity index (χ2n) is 27.6. The van der Waals surface area contributed by atoms with Gasteiger partial charge in [0.05, 0.1) is 26.4 Å². The fourth-order valence-corrected chi connectivity index (χ4v) is 12.9. The smallest absolute Gasteiger partial charge is 0.462 e. The summed E-state index contributed by atoms with van der Waals surface area (Å²) in [6.07, 6.45) is 52.9. The number of aliphatic hydroxyl groups excluding tert-OH is 1. The van der Waals surface area contributed by atoms with E-state index in [-0.39, 0.29) is 25.7 Å². The maximum Gasteiger partial charge on any atom is 0.472 e. The Morgan fingerprint density at radius 2 is 0.495 bits per heavy atom. The third-order valence-electron chi connectivity index (χ3n) is 17.2. The van der Waals surface area contributed by atoms with Crippen LogP contribution < -0.4 is 0 Å². The number of hydrogen-bond acceptors (Lipinski definition) is 15. The summed E-state index contributed by atoms with van der Waals surface area (Å²) in [7, 11) is -9.90. The maximum atomic E-state index is 13.1. The molecule has 0 aromatic rings. The van der Waals surface area contributed by atoms with Crippen LogP contribution in [0, 0.1) is 11.8 Å². The number of rotatable bonds is 73. The second kappa shape index (κ2) is 66.0. The predicted molar refractivity (Wildman–Crippen MR) is 377 cm³/mol. The molecule has 0 aromatic carbocycles. The van der Waals surface area contributed by atoms with E-state index in [1.807, 2.05) is 0 Å². The summed E-state index contributed by atoms with van der Waals surface area (Å²) in [5.74, 6) is -0.595. The third-order valence-corrected chi connectivity index (χ3v) is 19.1. The van der Waals surface area contributed by atoms with Crippen molar-refractivity contribution in [3.63, 3.8) is 0 Å². The van der Waals surface area contributed by atoms with E-state index in [4.69, 9.17) is 37.0 Å². The molecule has 2 unspecified atom stereocenters. The average molecular weight is 1370 g/mol. The Hall–Kier alpha value is -1.94. The van der Waals surface area contributed by atoms with Crippen molar-refractivity contribution in [2.75, 3.05) is 39.6 Å². The minimum Gasteiger partial charge on any atom is -0.462 e. The van der Waals surface area contributed by atoms with Gasteiger partial charge in [-0.1, -0.05) is 330 Å². The van der Waals surface area contributed by atoms with E-state index in [9.17, 15) is 43.2 Å². The van der Waals surface area contributed by atoms with Crippen molar-refractivity contribution in [2.45, 2.75) is 400 Å². The Morgan fingerprint density at radius 1 is 0.290 bits per heavy atom. The van der Waals surface area contributed by atoms with Gasteiger partial charge in [-0.2, -0.15) is 0 Å². The first kappa shape index (κ1) is 91.1. The van der Waals surface area contributed by atoms with Gasteiger partial charge in [0.1, 0.15) is 19.3 Å². The number of phosphoric acid groups is 2. The van der Waals surface area contributed by atoms with Crippen LogP contribution in [0.1, 0.15) is 382 Å². The predicted octanol–water partition coefficient (Wildman–Crippen LogP) is 21.6. The number of aliphatic hydroxyl groups is 1. The van der Waals surface area contributed by atoms with Crippen LogP contribution in [0.3, 0.4) is 0 Å². The van der Waals surface area contributed by atoms with E-state index < -0.39 is 97.5 Å². The van der Waals surface area contributed by atoms with Crippen LogP contribution >= 0.6 is 15.6 Å². The fourth-order valence-electron chi connectivity index (χ4n) is 11.3. The Balaban J connectivity index is 5.19. The summed E-state index contributed by atoms with van der Waals surface area (Å²) < 4.78 is 68.3. The van der Waals surface area contributed by atoms with E-state index in [1.54, 1.807) is 0 Å². The highest BCUT2D eigenvalue weighted by molar-refractivity contribution is 7.47. The van der Waals surface area contributed by atoms with Gasteiger partial charge in [-0.3, -0.25) is 37.3 Å². The highest BCUT2D eigenvalue weighted by atomic mass is 31.2. The topological polar surface area (TPSA) is 237 Å². The van der Waals surface area contributed by atoms with Gasteiger partial charge in [0.25, 0.3) is 0 Å². The highest BCUT2D eigenvalue weighted by Gasteiger charge is 2.30. The maximum absolute atomic E-state index is 13.1. The summed E-state index contributed by atoms with van der Waals surface area (Å²) in [5, 5.41) is 10.6. The number of hydrogen-bond donors (Lipinski definition) is 3. The van der Waals surface area contributed by atoms with Crippen LogP contribution in [-0.4, -0.2) is 96.7 Å². The molecule has 0 saturated carbocycles. The van der Waals surface area contributed by atoms with Crippen LogP contribution in [0.15, 0.2) is 0 Å². The first-order valence-electron chi connectivity index (χ1n) is 38.5. The molecular formula is C74H144O17P2. The van der Waals surface area contributed by atoms with Crippen LogP contribution in [0.5, 0.6) is 0 Å². The largest absolute Gasteiger partial charge is 0.472 e. The molecule has 0 saturated heterocycles. The van der Waals surface area contributed by atoms with E-state index in [0.29, 0.717) is 25.7 Å². The number of unbranched alkanes of at least 4 members (excludes halogenated alkanes) is 43. The lowest BCUT2D eigenvalue weighted by atomic mass is 10.0. The minimum atomic E-state index is -4.95. The van der Waals surface area contributed by atoms with Gasteiger partial charge in [0.15, 0.2) is 12.2 Å². The number of carbonyl (C=O) groups excluding carboxylic acids is 4. The molecule has 0 aliphatic rings. The summed E-state index contributed by atoms with van der Waals surface area (Å²) in [4.78, 5) is 72.6. The molecular weight excluding hydrogens is 1220 g/mol. The Bertz CT molecular complexity index is 1800. The molecule has 5 atom stereocenters. The third kappa shape index (κ3) is 68.4. The Labute approximate surface area is 568 Å². The lowest BCUT2D eigenvalue weighted by Gasteiger charge is -2.21. The first-order valence-corrected chi connectivity index (χ1v) is 41.5. The quantitative estimate of drug-likeness (QED) is 0.0222. The summed E-state index contributed by atoms with van der Waals surface area (Å²) >= 11 is 0. The van der Waals surface area contributed by atoms with Crippen LogP contribution in [0.2, 0.25) is 0 Å². The Kier molecular flexibility index (Phi) is 64.6. The monoisotopic (exact) mass is 1370 g/mol. The van der Waals surface area contributed by atoms with E-state index in [2.05, 4.69) is 41.5 Å². The Morgan fingerprint density at radius 3 is 0.731 bits per heavy atom. The van der Waals surface area contributed by atoms with E-state index >= 15 is 0 Å². The van der Waals surface area contributed by atoms with Gasteiger partial charge in [0.2, 0.25) is 0 Å². The van der Waals surface area contributed by atoms with Gasteiger partial charge >= 0.3 is 39.5 Å². The van der Waals surface area contributed by atoms with Crippen molar-refractivity contribution in [2.24, 2.45) is 11.8 Å². The molecule has 0 spiro atoms. The summed E-state index contributed by atoms with van der Waals surface area (Å²) in [5.41, 5.74) is 0. The molecule has 0 aliphatic heterocycles. The molecule has 0 amide bonds. The number of phosphoric ester groups is 2. The van der Waals surface area contributed by atoms with Crippen molar-refractivity contribution >= 4 is 39.5 Å². The molecule has 0 aliphatic carbocycles. The van der Waals surface area contributed by atoms with Crippen molar-refractivity contribution < 1.29 is 80.2 Å². The molecule has 0 heterocycles. The standard InChI is InChI=1S/C74H144O17P2/c1-7-9-11-13-15-16-17-18-19-20-21-22-25-29-34-40-46-52-58-73(78)91-70(63-85-72(77)57-51-45-39-33-28-26-23-24-27-31-37-42-48-54-66(3)4)65-89-93(82,83)87-61-68(75)60-86-92(80,81)88-64-69(62-84-71(76)56-50-44-36-14-12-10-8-2)90-74(79)59-53-47-41-35-30-32-38-43-49-55-67(5)6/h66-70,75H,7-65H2,1-6H3,(H,80,81)(H,82,83)/t68-,69+,70+/m0/s1. The molecule has 0 aromatic heterocycles. The fraction of sp³-hybridized carbons (Fsp3) is 0.946. The van der Waals surface area contributed by atoms with Crippen LogP contribution in [0.4, 0.5) is 0 Å². The highest BCUT2D eigenvalue weighted by Crippen LogP contribution is 2.45. The molecule has 0 rings (SSSR count). The molecule has 552 valence electrons. The average Bonchev–Trinajstić information content (AvgIpc) is 3.30. The lowest BCUT2D eigenvalue weighted by Crippen LogP contribution is -2.30. The first-order chi connectivity index (χ1) is 44.9. The summed E-state index contributed by atoms with van der Waals surface area (Å²) in [6.45, 7) is 9.54. The molecule has 0 bridgehead atoms. The van der Waals surface area contributed by atoms with Gasteiger partial charge in [-0.15, -0.1) is 0 Å². The zero-order chi connectivity index (χ0) is 68.6. The molecule has 0 fully saturated rings. The van der Waals surface area contributed by atoms with Crippen molar-refractivity contribution in [3.05, 3.63) is 0 Å². The summed E-state index contributed by atoms with van der Waals surface area (Å²) in [6, 6.07) is 0. The molecule has 93 heavy (non-hydrogen) atoms. The van der Waals surface area contributed by atoms with E-state index in [0.717, 1.165) is 115 Å². The number of carbonyl (C=O) groups is 4. The van der Waals surface area contributed by atoms with Crippen LogP contribution in [-0.2, 0) is 65.4 Å². The second-order valence-corrected chi connectivity index (χ2v) is 30.5. The zero-order valence-electron chi connectivity index (χ0n) is 60.6. The minimum absolute atomic E-state index is 0.105.